The first-order valence-electron chi connectivity index (χ1n) is 6.48. The zero-order valence-electron chi connectivity index (χ0n) is 11.4. The highest BCUT2D eigenvalue weighted by atomic mass is 16.6. The van der Waals surface area contributed by atoms with Crippen LogP contribution in [-0.2, 0) is 9.47 Å². The molecule has 0 aromatic heterocycles. The lowest BCUT2D eigenvalue weighted by molar-refractivity contribution is -0.124. The Balaban J connectivity index is 2.06. The minimum absolute atomic E-state index is 0.193. The molecule has 106 valence electrons. The molecule has 1 fully saturated rings. The number of ether oxygens (including phenoxy) is 2. The Morgan fingerprint density at radius 2 is 2.28 bits per heavy atom. The number of hydrogen-bond acceptors (Lipinski definition) is 6. The number of nitrogens with zero attached hydrogens (tertiary/aromatic N) is 1. The molecular weight excluding hydrogens is 232 g/mol. The molecule has 0 radical (unpaired) electrons. The van der Waals surface area contributed by atoms with E-state index in [1.165, 1.54) is 0 Å². The van der Waals surface area contributed by atoms with Gasteiger partial charge in [0.1, 0.15) is 6.10 Å². The Labute approximate surface area is 109 Å². The smallest absolute Gasteiger partial charge is 0.105 e. The van der Waals surface area contributed by atoms with E-state index in [2.05, 4.69) is 19.2 Å². The molecule has 0 aromatic carbocycles. The van der Waals surface area contributed by atoms with Gasteiger partial charge in [-0.1, -0.05) is 13.8 Å². The second kappa shape index (κ2) is 8.31. The van der Waals surface area contributed by atoms with E-state index < -0.39 is 0 Å². The maximum atomic E-state index is 5.81. The zero-order chi connectivity index (χ0) is 13.4. The summed E-state index contributed by atoms with van der Waals surface area (Å²) in [6.45, 7) is 7.72. The van der Waals surface area contributed by atoms with Crippen LogP contribution in [-0.4, -0.2) is 50.1 Å². The summed E-state index contributed by atoms with van der Waals surface area (Å²) in [4.78, 5) is 0. The van der Waals surface area contributed by atoms with Gasteiger partial charge in [-0.2, -0.15) is 0 Å². The molecule has 6 nitrogen and oxygen atoms in total. The summed E-state index contributed by atoms with van der Waals surface area (Å²) in [5.74, 6) is 5.81. The van der Waals surface area contributed by atoms with Crippen LogP contribution >= 0.6 is 0 Å². The molecular formula is C12H26N4O2. The first-order chi connectivity index (χ1) is 8.58. The van der Waals surface area contributed by atoms with Crippen molar-refractivity contribution in [1.29, 1.82) is 0 Å². The third-order valence-corrected chi connectivity index (χ3v) is 2.57. The van der Waals surface area contributed by atoms with Crippen LogP contribution in [0.5, 0.6) is 0 Å². The fourth-order valence-corrected chi connectivity index (χ4v) is 1.49. The molecule has 1 rings (SSSR count). The predicted octanol–water partition coefficient (Wildman–Crippen LogP) is -0.234. The molecule has 1 aliphatic rings. The van der Waals surface area contributed by atoms with Crippen LogP contribution < -0.4 is 16.9 Å². The summed E-state index contributed by atoms with van der Waals surface area (Å²) in [7, 11) is 0. The van der Waals surface area contributed by atoms with Gasteiger partial charge in [-0.15, -0.1) is 0 Å². The Bertz CT molecular complexity index is 254. The summed E-state index contributed by atoms with van der Waals surface area (Å²) in [6.07, 6.45) is 2.91. The van der Waals surface area contributed by atoms with Crippen molar-refractivity contribution in [3.8, 4) is 0 Å². The van der Waals surface area contributed by atoms with E-state index in [4.69, 9.17) is 21.1 Å². The van der Waals surface area contributed by atoms with E-state index in [0.717, 1.165) is 19.5 Å². The third-order valence-electron chi connectivity index (χ3n) is 2.57. The van der Waals surface area contributed by atoms with Crippen molar-refractivity contribution in [3.63, 3.8) is 0 Å². The average molecular weight is 258 g/mol. The van der Waals surface area contributed by atoms with Crippen LogP contribution in [0, 0.1) is 0 Å². The fraction of sp³-hybridized carbons (Fsp3) is 0.833. The summed E-state index contributed by atoms with van der Waals surface area (Å²) in [5, 5.41) is 4.95. The van der Waals surface area contributed by atoms with Gasteiger partial charge in [0.15, 0.2) is 0 Å². The second-order valence-corrected chi connectivity index (χ2v) is 4.87. The molecule has 0 aromatic rings. The van der Waals surface area contributed by atoms with E-state index in [9.17, 15) is 0 Å². The van der Waals surface area contributed by atoms with Gasteiger partial charge < -0.3 is 25.5 Å². The van der Waals surface area contributed by atoms with Crippen molar-refractivity contribution in [3.05, 3.63) is 11.9 Å². The molecule has 0 bridgehead atoms. The van der Waals surface area contributed by atoms with Crippen LogP contribution in [0.15, 0.2) is 11.9 Å². The first-order valence-corrected chi connectivity index (χ1v) is 6.48. The molecule has 18 heavy (non-hydrogen) atoms. The lowest BCUT2D eigenvalue weighted by atomic mass is 10.3. The lowest BCUT2D eigenvalue weighted by Crippen LogP contribution is -2.37. The fourth-order valence-electron chi connectivity index (χ4n) is 1.49. The quantitative estimate of drug-likeness (QED) is 0.301. The van der Waals surface area contributed by atoms with Gasteiger partial charge in [-0.25, -0.2) is 5.84 Å². The Hall–Kier alpha value is -0.820. The molecule has 6 heteroatoms. The minimum Gasteiger partial charge on any atom is -0.399 e. The van der Waals surface area contributed by atoms with Gasteiger partial charge >= 0.3 is 0 Å². The van der Waals surface area contributed by atoms with Crippen LogP contribution in [0.4, 0.5) is 0 Å². The van der Waals surface area contributed by atoms with Crippen molar-refractivity contribution >= 4 is 0 Å². The number of nitrogens with two attached hydrogens (primary N) is 2. The standard InChI is InChI=1S/C12H26N4O2/c1-10(2)15-4-3-5-16(14)6-11(13)7-18-12-8-17-9-12/h6,10,12,15H,3-5,7-9,13-14H2,1-2H3/b11-6-. The highest BCUT2D eigenvalue weighted by molar-refractivity contribution is 4.95. The molecule has 1 heterocycles. The van der Waals surface area contributed by atoms with Crippen molar-refractivity contribution in [2.24, 2.45) is 11.6 Å². The number of hydrogen-bond donors (Lipinski definition) is 3. The van der Waals surface area contributed by atoms with E-state index in [0.29, 0.717) is 31.6 Å². The lowest BCUT2D eigenvalue weighted by Gasteiger charge is -2.26. The molecule has 0 saturated carbocycles. The molecule has 0 aliphatic carbocycles. The summed E-state index contributed by atoms with van der Waals surface area (Å²) in [5.41, 5.74) is 6.45. The van der Waals surface area contributed by atoms with Gasteiger partial charge in [0.05, 0.1) is 25.5 Å². The Morgan fingerprint density at radius 1 is 1.56 bits per heavy atom. The number of hydrazine groups is 1. The van der Waals surface area contributed by atoms with Crippen LogP contribution in [0.3, 0.4) is 0 Å². The largest absolute Gasteiger partial charge is 0.399 e. The van der Waals surface area contributed by atoms with Gasteiger partial charge in [0.2, 0.25) is 0 Å². The second-order valence-electron chi connectivity index (χ2n) is 4.87. The maximum absolute atomic E-state index is 5.81. The molecule has 0 spiro atoms. The summed E-state index contributed by atoms with van der Waals surface area (Å²) < 4.78 is 10.5. The first kappa shape index (κ1) is 15.2. The zero-order valence-corrected chi connectivity index (χ0v) is 11.4. The van der Waals surface area contributed by atoms with Crippen LogP contribution in [0.1, 0.15) is 20.3 Å². The third kappa shape index (κ3) is 6.80. The maximum Gasteiger partial charge on any atom is 0.105 e. The number of nitrogens with one attached hydrogen (secondary N) is 1. The average Bonchev–Trinajstić information content (AvgIpc) is 2.22. The van der Waals surface area contributed by atoms with E-state index >= 15 is 0 Å². The Kier molecular flexibility index (Phi) is 7.04. The van der Waals surface area contributed by atoms with Crippen molar-refractivity contribution in [1.82, 2.24) is 10.3 Å². The summed E-state index contributed by atoms with van der Waals surface area (Å²) >= 11 is 0. The SMILES string of the molecule is CC(C)NCCCN(N)/C=C(\N)COC1COC1. The van der Waals surface area contributed by atoms with Gasteiger partial charge in [0.25, 0.3) is 0 Å². The molecule has 0 atom stereocenters. The minimum atomic E-state index is 0.193. The van der Waals surface area contributed by atoms with Crippen LogP contribution in [0.2, 0.25) is 0 Å². The highest BCUT2D eigenvalue weighted by Crippen LogP contribution is 2.05. The van der Waals surface area contributed by atoms with Crippen molar-refractivity contribution in [2.75, 3.05) is 32.9 Å². The normalized spacial score (nSPS) is 17.0. The molecule has 0 unspecified atom stereocenters. The molecule has 1 aliphatic heterocycles. The molecule has 5 N–H and O–H groups in total. The van der Waals surface area contributed by atoms with E-state index in [-0.39, 0.29) is 6.10 Å². The van der Waals surface area contributed by atoms with Gasteiger partial charge in [-0.3, -0.25) is 0 Å². The number of rotatable bonds is 9. The highest BCUT2D eigenvalue weighted by Gasteiger charge is 2.18. The van der Waals surface area contributed by atoms with Crippen LogP contribution in [0.25, 0.3) is 0 Å². The van der Waals surface area contributed by atoms with E-state index in [1.54, 1.807) is 11.2 Å². The van der Waals surface area contributed by atoms with Crippen molar-refractivity contribution < 1.29 is 9.47 Å². The Morgan fingerprint density at radius 3 is 2.83 bits per heavy atom. The van der Waals surface area contributed by atoms with Gasteiger partial charge in [-0.05, 0) is 13.0 Å². The van der Waals surface area contributed by atoms with E-state index in [1.807, 2.05) is 0 Å². The topological polar surface area (TPSA) is 85.8 Å². The molecule has 1 saturated heterocycles. The molecule has 0 amide bonds. The monoisotopic (exact) mass is 258 g/mol. The predicted molar refractivity (Wildman–Crippen MR) is 71.5 cm³/mol. The van der Waals surface area contributed by atoms with Gasteiger partial charge in [0, 0.05) is 18.8 Å². The summed E-state index contributed by atoms with van der Waals surface area (Å²) in [6, 6.07) is 0.509. The van der Waals surface area contributed by atoms with Crippen molar-refractivity contribution in [2.45, 2.75) is 32.4 Å².